The van der Waals surface area contributed by atoms with Crippen LogP contribution >= 0.6 is 11.3 Å². The first-order valence-corrected chi connectivity index (χ1v) is 11.4. The van der Waals surface area contributed by atoms with Gasteiger partial charge in [0.25, 0.3) is 5.69 Å². The fourth-order valence-corrected chi connectivity index (χ4v) is 4.34. The second kappa shape index (κ2) is 9.74. The lowest BCUT2D eigenvalue weighted by Gasteiger charge is -2.22. The van der Waals surface area contributed by atoms with Gasteiger partial charge in [0.15, 0.2) is 0 Å². The van der Waals surface area contributed by atoms with Crippen LogP contribution in [0.3, 0.4) is 0 Å². The van der Waals surface area contributed by atoms with Crippen LogP contribution in [0.4, 0.5) is 5.69 Å². The van der Waals surface area contributed by atoms with Gasteiger partial charge in [-0.1, -0.05) is 37.6 Å². The van der Waals surface area contributed by atoms with Crippen molar-refractivity contribution in [1.82, 2.24) is 15.3 Å². The number of nitrogens with zero attached hydrogens (tertiary/aromatic N) is 3. The Hall–Kier alpha value is -3.85. The number of fused-ring (bicyclic) bond motifs is 1. The maximum Gasteiger partial charge on any atom is 0.279 e. The molecule has 0 fully saturated rings. The van der Waals surface area contributed by atoms with Crippen molar-refractivity contribution in [1.29, 1.82) is 0 Å². The van der Waals surface area contributed by atoms with Gasteiger partial charge in [-0.2, -0.15) is 0 Å². The van der Waals surface area contributed by atoms with Crippen LogP contribution in [-0.4, -0.2) is 25.9 Å². The minimum absolute atomic E-state index is 0.119. The van der Waals surface area contributed by atoms with Crippen molar-refractivity contribution in [3.8, 4) is 16.3 Å². The third-order valence-corrected chi connectivity index (χ3v) is 6.19. The third-order valence-electron chi connectivity index (χ3n) is 5.37. The number of unbranched alkanes of at least 4 members (excludes halogenated alkanes) is 1. The van der Waals surface area contributed by atoms with Crippen LogP contribution in [0, 0.1) is 10.1 Å². The Balaban J connectivity index is 1.83. The Bertz CT molecular complexity index is 1290. The summed E-state index contributed by atoms with van der Waals surface area (Å²) in [6, 6.07) is 11.1. The van der Waals surface area contributed by atoms with E-state index in [1.807, 2.05) is 36.6 Å². The number of hydrogen-bond donors (Lipinski definition) is 2. The smallest absolute Gasteiger partial charge is 0.279 e. The SMILES string of the molecule is CCCCC(=O)NC(c1ccc(-c2nccs2)cc1)c1cc([N+](=O)[O-])c2cccnc2c1O. The quantitative estimate of drug-likeness (QED) is 0.268. The molecule has 0 bridgehead atoms. The predicted octanol–water partition coefficient (Wildman–Crippen LogP) is 5.37. The van der Waals surface area contributed by atoms with Gasteiger partial charge in [-0.05, 0) is 24.1 Å². The Kier molecular flexibility index (Phi) is 6.60. The molecule has 8 nitrogen and oxygen atoms in total. The molecule has 4 rings (SSSR count). The highest BCUT2D eigenvalue weighted by Crippen LogP contribution is 2.39. The molecule has 33 heavy (non-hydrogen) atoms. The average Bonchev–Trinajstić information content (AvgIpc) is 3.37. The van der Waals surface area contributed by atoms with Gasteiger partial charge in [0.05, 0.1) is 16.4 Å². The fraction of sp³-hybridized carbons (Fsp3) is 0.208. The van der Waals surface area contributed by atoms with Crippen LogP contribution in [0.1, 0.15) is 43.4 Å². The number of carbonyl (C=O) groups excluding carboxylic acids is 1. The lowest BCUT2D eigenvalue weighted by atomic mass is 9.94. The lowest BCUT2D eigenvalue weighted by molar-refractivity contribution is -0.383. The second-order valence-corrected chi connectivity index (χ2v) is 8.45. The molecule has 1 unspecified atom stereocenters. The number of thiazole rings is 1. The standard InChI is InChI=1S/C24H22N4O4S/c1-2-3-6-20(29)27-21(15-7-9-16(10-8-15)24-26-12-13-33-24)18-14-19(28(31)32)17-5-4-11-25-22(17)23(18)30/h4-5,7-14,21,30H,2-3,6H2,1H3,(H,27,29). The molecule has 0 spiro atoms. The Labute approximate surface area is 194 Å². The number of nitro benzene ring substituents is 1. The first-order valence-electron chi connectivity index (χ1n) is 10.5. The molecular weight excluding hydrogens is 440 g/mol. The highest BCUT2D eigenvalue weighted by atomic mass is 32.1. The van der Waals surface area contributed by atoms with Crippen molar-refractivity contribution < 1.29 is 14.8 Å². The van der Waals surface area contributed by atoms with Gasteiger partial charge in [0.2, 0.25) is 5.91 Å². The number of rotatable bonds is 8. The molecule has 2 N–H and O–H groups in total. The average molecular weight is 463 g/mol. The highest BCUT2D eigenvalue weighted by molar-refractivity contribution is 7.13. The molecule has 0 aliphatic rings. The van der Waals surface area contributed by atoms with Crippen molar-refractivity contribution >= 4 is 33.8 Å². The second-order valence-electron chi connectivity index (χ2n) is 7.55. The molecule has 1 atom stereocenters. The zero-order chi connectivity index (χ0) is 23.4. The van der Waals surface area contributed by atoms with Crippen molar-refractivity contribution in [2.75, 3.05) is 0 Å². The maximum absolute atomic E-state index is 12.7. The lowest BCUT2D eigenvalue weighted by Crippen LogP contribution is -2.29. The van der Waals surface area contributed by atoms with Crippen molar-refractivity contribution in [2.45, 2.75) is 32.2 Å². The van der Waals surface area contributed by atoms with E-state index >= 15 is 0 Å². The molecule has 0 radical (unpaired) electrons. The summed E-state index contributed by atoms with van der Waals surface area (Å²) in [6.07, 6.45) is 5.08. The van der Waals surface area contributed by atoms with Crippen LogP contribution < -0.4 is 5.32 Å². The number of nitrogens with one attached hydrogen (secondary N) is 1. The molecule has 2 heterocycles. The number of amides is 1. The Morgan fingerprint density at radius 3 is 2.67 bits per heavy atom. The number of pyridine rings is 1. The molecule has 0 aliphatic heterocycles. The van der Waals surface area contributed by atoms with Gasteiger partial charge in [-0.15, -0.1) is 11.3 Å². The van der Waals surface area contributed by atoms with Gasteiger partial charge in [-0.25, -0.2) is 4.98 Å². The summed E-state index contributed by atoms with van der Waals surface area (Å²) in [5, 5.41) is 28.7. The zero-order valence-electron chi connectivity index (χ0n) is 17.9. The Morgan fingerprint density at radius 1 is 1.21 bits per heavy atom. The van der Waals surface area contributed by atoms with Gasteiger partial charge >= 0.3 is 0 Å². The molecule has 0 saturated carbocycles. The van der Waals surface area contributed by atoms with Crippen molar-refractivity contribution in [3.63, 3.8) is 0 Å². The van der Waals surface area contributed by atoms with E-state index in [2.05, 4.69) is 15.3 Å². The highest BCUT2D eigenvalue weighted by Gasteiger charge is 2.27. The third kappa shape index (κ3) is 4.68. The maximum atomic E-state index is 12.7. The number of carbonyl (C=O) groups is 1. The van der Waals surface area contributed by atoms with Crippen LogP contribution in [0.25, 0.3) is 21.5 Å². The molecule has 0 saturated heterocycles. The van der Waals surface area contributed by atoms with E-state index in [4.69, 9.17) is 0 Å². The summed E-state index contributed by atoms with van der Waals surface area (Å²) >= 11 is 1.51. The van der Waals surface area contributed by atoms with E-state index in [1.54, 1.807) is 18.3 Å². The van der Waals surface area contributed by atoms with E-state index in [0.29, 0.717) is 18.4 Å². The molecular formula is C24H22N4O4S. The van der Waals surface area contributed by atoms with E-state index in [1.165, 1.54) is 23.6 Å². The first-order chi connectivity index (χ1) is 16.0. The minimum Gasteiger partial charge on any atom is -0.505 e. The number of phenols is 1. The van der Waals surface area contributed by atoms with Crippen LogP contribution in [-0.2, 0) is 4.79 Å². The van der Waals surface area contributed by atoms with Crippen LogP contribution in [0.2, 0.25) is 0 Å². The molecule has 0 aliphatic carbocycles. The summed E-state index contributed by atoms with van der Waals surface area (Å²) in [4.78, 5) is 32.4. The van der Waals surface area contributed by atoms with E-state index in [9.17, 15) is 20.0 Å². The topological polar surface area (TPSA) is 118 Å². The fourth-order valence-electron chi connectivity index (χ4n) is 3.70. The summed E-state index contributed by atoms with van der Waals surface area (Å²) in [7, 11) is 0. The monoisotopic (exact) mass is 462 g/mol. The van der Waals surface area contributed by atoms with Crippen LogP contribution in [0.15, 0.2) is 60.2 Å². The predicted molar refractivity (Wildman–Crippen MR) is 127 cm³/mol. The molecule has 9 heteroatoms. The number of benzene rings is 2. The number of nitro groups is 1. The summed E-state index contributed by atoms with van der Waals surface area (Å²) in [5.74, 6) is -0.394. The van der Waals surface area contributed by atoms with Crippen molar-refractivity contribution in [3.05, 3.63) is 81.5 Å². The Morgan fingerprint density at radius 2 is 2.00 bits per heavy atom. The van der Waals surface area contributed by atoms with Gasteiger partial charge < -0.3 is 10.4 Å². The van der Waals surface area contributed by atoms with Gasteiger partial charge in [0, 0.05) is 41.4 Å². The number of aromatic nitrogens is 2. The number of non-ortho nitro benzene ring substituents is 1. The largest absolute Gasteiger partial charge is 0.505 e. The van der Waals surface area contributed by atoms with Gasteiger partial charge in [-0.3, -0.25) is 19.9 Å². The summed E-state index contributed by atoms with van der Waals surface area (Å²) in [5.41, 5.74) is 1.76. The minimum atomic E-state index is -0.787. The molecule has 168 valence electrons. The van der Waals surface area contributed by atoms with E-state index in [-0.39, 0.29) is 33.8 Å². The first kappa shape index (κ1) is 22.3. The van der Waals surface area contributed by atoms with Gasteiger partial charge in [0.1, 0.15) is 16.3 Å². The van der Waals surface area contributed by atoms with E-state index < -0.39 is 11.0 Å². The summed E-state index contributed by atoms with van der Waals surface area (Å²) in [6.45, 7) is 1.99. The molecule has 2 aromatic heterocycles. The van der Waals surface area contributed by atoms with E-state index in [0.717, 1.165) is 17.0 Å². The van der Waals surface area contributed by atoms with Crippen molar-refractivity contribution in [2.24, 2.45) is 0 Å². The van der Waals surface area contributed by atoms with Crippen LogP contribution in [0.5, 0.6) is 5.75 Å². The summed E-state index contributed by atoms with van der Waals surface area (Å²) < 4.78 is 0. The number of hydrogen-bond acceptors (Lipinski definition) is 7. The number of aromatic hydroxyl groups is 1. The molecule has 2 aromatic carbocycles. The number of phenolic OH excluding ortho intramolecular Hbond substituents is 1. The molecule has 4 aromatic rings. The molecule has 1 amide bonds. The zero-order valence-corrected chi connectivity index (χ0v) is 18.7. The normalized spacial score (nSPS) is 11.9.